The van der Waals surface area contributed by atoms with Gasteiger partial charge >= 0.3 is 0 Å². The maximum absolute atomic E-state index is 9.44. The summed E-state index contributed by atoms with van der Waals surface area (Å²) in [7, 11) is 0. The van der Waals surface area contributed by atoms with Crippen molar-refractivity contribution in [3.05, 3.63) is 10.5 Å². The molecule has 2 rings (SSSR count). The van der Waals surface area contributed by atoms with Gasteiger partial charge in [-0.25, -0.2) is 0 Å². The molecule has 0 aromatic carbocycles. The van der Waals surface area contributed by atoms with E-state index in [-0.39, 0.29) is 0 Å². The molecule has 0 unspecified atom stereocenters. The second-order valence-electron chi connectivity index (χ2n) is 3.38. The zero-order valence-electron chi connectivity index (χ0n) is 6.32. The van der Waals surface area contributed by atoms with Crippen LogP contribution in [-0.2, 0) is 0 Å². The number of hydrogen-bond donors (Lipinski definition) is 1. The molecule has 0 saturated heterocycles. The van der Waals surface area contributed by atoms with E-state index < -0.39 is 5.60 Å². The van der Waals surface area contributed by atoms with Gasteiger partial charge in [0.05, 0.1) is 5.60 Å². The Balaban J connectivity index is 2.03. The third-order valence-electron chi connectivity index (χ3n) is 2.10. The first-order chi connectivity index (χ1) is 5.17. The van der Waals surface area contributed by atoms with Gasteiger partial charge in [-0.2, -0.15) is 0 Å². The average molecular weight is 170 g/mol. The normalized spacial score (nSPS) is 36.7. The number of rotatable bonds is 1. The third kappa shape index (κ3) is 1.28. The van der Waals surface area contributed by atoms with Gasteiger partial charge in [0.15, 0.2) is 0 Å². The topological polar surface area (TPSA) is 46.0 Å². The summed E-state index contributed by atoms with van der Waals surface area (Å²) >= 11 is 1.57. The Morgan fingerprint density at radius 2 is 2.45 bits per heavy atom. The van der Waals surface area contributed by atoms with Gasteiger partial charge in [0.1, 0.15) is 10.5 Å². The molecular weight excluding hydrogens is 160 g/mol. The lowest BCUT2D eigenvalue weighted by Crippen LogP contribution is -2.39. The maximum Gasteiger partial charge on any atom is 0.120 e. The van der Waals surface area contributed by atoms with Crippen molar-refractivity contribution in [2.75, 3.05) is 0 Å². The standard InChI is InChI=1S/C7H10N2OS/c1-7(10)2-5(3-7)6-9-8-4-11-6/h4-5,10H,2-3H2,1H3/t5-,7+. The van der Waals surface area contributed by atoms with Gasteiger partial charge in [0.2, 0.25) is 0 Å². The Kier molecular flexibility index (Phi) is 1.47. The quantitative estimate of drug-likeness (QED) is 0.688. The van der Waals surface area contributed by atoms with Crippen molar-refractivity contribution in [1.29, 1.82) is 0 Å². The zero-order valence-corrected chi connectivity index (χ0v) is 7.14. The molecule has 3 nitrogen and oxygen atoms in total. The Morgan fingerprint density at radius 1 is 1.73 bits per heavy atom. The first kappa shape index (κ1) is 7.18. The highest BCUT2D eigenvalue weighted by Gasteiger charge is 2.40. The Labute approximate surface area is 69.1 Å². The fourth-order valence-corrected chi connectivity index (χ4v) is 2.19. The van der Waals surface area contributed by atoms with Crippen molar-refractivity contribution in [3.8, 4) is 0 Å². The van der Waals surface area contributed by atoms with Crippen LogP contribution in [0.4, 0.5) is 0 Å². The zero-order chi connectivity index (χ0) is 7.90. The summed E-state index contributed by atoms with van der Waals surface area (Å²) in [6.07, 6.45) is 1.67. The number of hydrogen-bond acceptors (Lipinski definition) is 4. The highest BCUT2D eigenvalue weighted by molar-refractivity contribution is 7.09. The lowest BCUT2D eigenvalue weighted by atomic mass is 9.72. The minimum Gasteiger partial charge on any atom is -0.390 e. The molecule has 0 spiro atoms. The molecule has 0 atom stereocenters. The van der Waals surface area contributed by atoms with Crippen LogP contribution in [0.1, 0.15) is 30.7 Å². The molecule has 0 aliphatic heterocycles. The van der Waals surface area contributed by atoms with Crippen LogP contribution < -0.4 is 0 Å². The summed E-state index contributed by atoms with van der Waals surface area (Å²) in [5.74, 6) is 0.456. The molecule has 0 radical (unpaired) electrons. The van der Waals surface area contributed by atoms with Crippen LogP contribution in [0.2, 0.25) is 0 Å². The lowest BCUT2D eigenvalue weighted by molar-refractivity contribution is -0.0314. The van der Waals surface area contributed by atoms with E-state index in [9.17, 15) is 5.11 Å². The predicted molar refractivity (Wildman–Crippen MR) is 42.5 cm³/mol. The molecule has 11 heavy (non-hydrogen) atoms. The monoisotopic (exact) mass is 170 g/mol. The van der Waals surface area contributed by atoms with E-state index in [1.165, 1.54) is 0 Å². The summed E-state index contributed by atoms with van der Waals surface area (Å²) in [5.41, 5.74) is 1.29. The molecule has 1 aliphatic carbocycles. The van der Waals surface area contributed by atoms with Gasteiger partial charge in [0, 0.05) is 5.92 Å². The average Bonchev–Trinajstić information content (AvgIpc) is 2.32. The van der Waals surface area contributed by atoms with Crippen molar-refractivity contribution in [3.63, 3.8) is 0 Å². The second kappa shape index (κ2) is 2.25. The number of aromatic nitrogens is 2. The summed E-state index contributed by atoms with van der Waals surface area (Å²) in [4.78, 5) is 0. The number of nitrogens with zero attached hydrogens (tertiary/aromatic N) is 2. The van der Waals surface area contributed by atoms with Gasteiger partial charge in [-0.1, -0.05) is 0 Å². The molecule has 60 valence electrons. The van der Waals surface area contributed by atoms with E-state index >= 15 is 0 Å². The van der Waals surface area contributed by atoms with E-state index in [4.69, 9.17) is 0 Å². The van der Waals surface area contributed by atoms with Crippen molar-refractivity contribution in [2.24, 2.45) is 0 Å². The van der Waals surface area contributed by atoms with E-state index in [0.717, 1.165) is 17.8 Å². The van der Waals surface area contributed by atoms with Gasteiger partial charge < -0.3 is 5.11 Å². The molecule has 0 bridgehead atoms. The summed E-state index contributed by atoms with van der Waals surface area (Å²) < 4.78 is 0. The predicted octanol–water partition coefficient (Wildman–Crippen LogP) is 1.17. The molecule has 1 N–H and O–H groups in total. The molecule has 4 heteroatoms. The van der Waals surface area contributed by atoms with Gasteiger partial charge in [-0.05, 0) is 19.8 Å². The van der Waals surface area contributed by atoms with Crippen LogP contribution in [0, 0.1) is 0 Å². The second-order valence-corrected chi connectivity index (χ2v) is 4.24. The Hall–Kier alpha value is -0.480. The first-order valence-corrected chi connectivity index (χ1v) is 4.54. The molecule has 1 aromatic rings. The number of aliphatic hydroxyl groups is 1. The van der Waals surface area contributed by atoms with Crippen LogP contribution in [0.25, 0.3) is 0 Å². The van der Waals surface area contributed by atoms with E-state index in [0.29, 0.717) is 5.92 Å². The molecule has 1 aromatic heterocycles. The molecule has 0 amide bonds. The molecule has 1 aliphatic rings. The van der Waals surface area contributed by atoms with Gasteiger partial charge in [-0.3, -0.25) is 0 Å². The summed E-state index contributed by atoms with van der Waals surface area (Å²) in [6.45, 7) is 1.87. The van der Waals surface area contributed by atoms with Crippen LogP contribution in [0.5, 0.6) is 0 Å². The Morgan fingerprint density at radius 3 is 2.91 bits per heavy atom. The van der Waals surface area contributed by atoms with Gasteiger partial charge in [-0.15, -0.1) is 21.5 Å². The lowest BCUT2D eigenvalue weighted by Gasteiger charge is -2.39. The van der Waals surface area contributed by atoms with Crippen LogP contribution in [-0.4, -0.2) is 20.9 Å². The SMILES string of the molecule is C[C@]1(O)C[C@@H](c2nncs2)C1. The minimum atomic E-state index is -0.448. The highest BCUT2D eigenvalue weighted by Crippen LogP contribution is 2.44. The minimum absolute atomic E-state index is 0.448. The fraction of sp³-hybridized carbons (Fsp3) is 0.714. The van der Waals surface area contributed by atoms with Crippen molar-refractivity contribution < 1.29 is 5.11 Å². The van der Waals surface area contributed by atoms with E-state index in [1.54, 1.807) is 16.8 Å². The van der Waals surface area contributed by atoms with Crippen molar-refractivity contribution >= 4 is 11.3 Å². The summed E-state index contributed by atoms with van der Waals surface area (Å²) in [5, 5.41) is 18.2. The first-order valence-electron chi connectivity index (χ1n) is 3.66. The van der Waals surface area contributed by atoms with Crippen molar-refractivity contribution in [1.82, 2.24) is 10.2 Å². The molecule has 1 saturated carbocycles. The Bertz CT molecular complexity index is 237. The highest BCUT2D eigenvalue weighted by atomic mass is 32.1. The van der Waals surface area contributed by atoms with Crippen LogP contribution >= 0.6 is 11.3 Å². The largest absolute Gasteiger partial charge is 0.390 e. The summed E-state index contributed by atoms with van der Waals surface area (Å²) in [6, 6.07) is 0. The maximum atomic E-state index is 9.44. The molecule has 1 fully saturated rings. The fourth-order valence-electron chi connectivity index (χ4n) is 1.54. The van der Waals surface area contributed by atoms with E-state index in [2.05, 4.69) is 10.2 Å². The van der Waals surface area contributed by atoms with E-state index in [1.807, 2.05) is 6.92 Å². The molecular formula is C7H10N2OS. The molecule has 1 heterocycles. The van der Waals surface area contributed by atoms with Gasteiger partial charge in [0.25, 0.3) is 0 Å². The van der Waals surface area contributed by atoms with Crippen LogP contribution in [0.15, 0.2) is 5.51 Å². The van der Waals surface area contributed by atoms with Crippen molar-refractivity contribution in [2.45, 2.75) is 31.3 Å². The smallest absolute Gasteiger partial charge is 0.120 e. The van der Waals surface area contributed by atoms with Crippen LogP contribution in [0.3, 0.4) is 0 Å². The third-order valence-corrected chi connectivity index (χ3v) is 2.95.